The molecule has 3 heteroatoms. The molecule has 3 nitrogen and oxygen atoms in total. The van der Waals surface area contributed by atoms with E-state index in [9.17, 15) is 9.90 Å². The number of rotatable bonds is 4. The van der Waals surface area contributed by atoms with Crippen molar-refractivity contribution in [2.75, 3.05) is 0 Å². The highest BCUT2D eigenvalue weighted by atomic mass is 16.3. The van der Waals surface area contributed by atoms with Gasteiger partial charge in [0.05, 0.1) is 6.10 Å². The van der Waals surface area contributed by atoms with Gasteiger partial charge in [-0.25, -0.2) is 0 Å². The summed E-state index contributed by atoms with van der Waals surface area (Å²) in [5.74, 6) is 0.562. The van der Waals surface area contributed by atoms with Crippen LogP contribution in [-0.4, -0.2) is 23.2 Å². The monoisotopic (exact) mass is 213 g/mol. The summed E-state index contributed by atoms with van der Waals surface area (Å²) in [5.41, 5.74) is -0.162. The Hall–Kier alpha value is -0.570. The molecular formula is C12H23NO2. The van der Waals surface area contributed by atoms with Crippen molar-refractivity contribution >= 4 is 5.91 Å². The third-order valence-corrected chi connectivity index (χ3v) is 3.78. The zero-order valence-electron chi connectivity index (χ0n) is 10.2. The number of carbonyl (C=O) groups is 1. The van der Waals surface area contributed by atoms with Crippen LogP contribution in [0.2, 0.25) is 0 Å². The average Bonchev–Trinajstić information content (AvgIpc) is 2.17. The number of carbonyl (C=O) groups excluding carboxylic acids is 1. The lowest BCUT2D eigenvalue weighted by molar-refractivity contribution is -0.130. The van der Waals surface area contributed by atoms with E-state index < -0.39 is 0 Å². The van der Waals surface area contributed by atoms with E-state index in [1.807, 2.05) is 13.8 Å². The summed E-state index contributed by atoms with van der Waals surface area (Å²) in [6.45, 7) is 8.17. The summed E-state index contributed by atoms with van der Waals surface area (Å²) in [4.78, 5) is 11.6. The van der Waals surface area contributed by atoms with E-state index >= 15 is 0 Å². The maximum absolute atomic E-state index is 11.6. The molecule has 0 heterocycles. The zero-order chi connectivity index (χ0) is 11.6. The molecule has 2 N–H and O–H groups in total. The maximum atomic E-state index is 11.6. The zero-order valence-corrected chi connectivity index (χ0v) is 10.2. The average molecular weight is 213 g/mol. The second-order valence-electron chi connectivity index (χ2n) is 5.41. The minimum absolute atomic E-state index is 0.120. The normalized spacial score (nSPS) is 30.5. The largest absolute Gasteiger partial charge is 0.392 e. The highest BCUT2D eigenvalue weighted by molar-refractivity contribution is 5.76. The molecule has 0 aromatic heterocycles. The van der Waals surface area contributed by atoms with E-state index in [1.54, 1.807) is 0 Å². The molecule has 0 aliphatic heterocycles. The number of aliphatic hydroxyl groups excluding tert-OH is 1. The molecule has 0 spiro atoms. The molecule has 1 fully saturated rings. The molecule has 0 bridgehead atoms. The maximum Gasteiger partial charge on any atom is 0.220 e. The smallest absolute Gasteiger partial charge is 0.220 e. The van der Waals surface area contributed by atoms with E-state index in [0.29, 0.717) is 18.8 Å². The van der Waals surface area contributed by atoms with Gasteiger partial charge in [0.2, 0.25) is 5.91 Å². The van der Waals surface area contributed by atoms with Gasteiger partial charge in [-0.1, -0.05) is 34.1 Å². The molecule has 1 aliphatic rings. The first-order valence-electron chi connectivity index (χ1n) is 5.85. The van der Waals surface area contributed by atoms with E-state index in [4.69, 9.17) is 0 Å². The molecule has 1 rings (SSSR count). The van der Waals surface area contributed by atoms with Gasteiger partial charge in [-0.2, -0.15) is 0 Å². The molecular weight excluding hydrogens is 190 g/mol. The van der Waals surface area contributed by atoms with Gasteiger partial charge in [0.15, 0.2) is 0 Å². The van der Waals surface area contributed by atoms with Gasteiger partial charge in [-0.05, 0) is 12.3 Å². The topological polar surface area (TPSA) is 49.3 Å². The molecule has 3 atom stereocenters. The van der Waals surface area contributed by atoms with Crippen LogP contribution in [0, 0.1) is 11.3 Å². The molecule has 1 aliphatic carbocycles. The van der Waals surface area contributed by atoms with Crippen LogP contribution in [0.1, 0.15) is 47.0 Å². The predicted molar refractivity (Wildman–Crippen MR) is 60.4 cm³/mol. The van der Waals surface area contributed by atoms with Crippen LogP contribution >= 0.6 is 0 Å². The summed E-state index contributed by atoms with van der Waals surface area (Å²) < 4.78 is 0. The van der Waals surface area contributed by atoms with Crippen molar-refractivity contribution in [3.63, 3.8) is 0 Å². The quantitative estimate of drug-likeness (QED) is 0.746. The number of nitrogens with one attached hydrogen (secondary N) is 1. The molecule has 0 aromatic carbocycles. The third-order valence-electron chi connectivity index (χ3n) is 3.78. The Bertz CT molecular complexity index is 238. The van der Waals surface area contributed by atoms with Gasteiger partial charge in [0.25, 0.3) is 0 Å². The molecule has 88 valence electrons. The van der Waals surface area contributed by atoms with Crippen molar-refractivity contribution in [3.05, 3.63) is 0 Å². The van der Waals surface area contributed by atoms with Gasteiger partial charge >= 0.3 is 0 Å². The molecule has 1 saturated carbocycles. The van der Waals surface area contributed by atoms with Crippen LogP contribution in [0.3, 0.4) is 0 Å². The van der Waals surface area contributed by atoms with Crippen LogP contribution in [0.15, 0.2) is 0 Å². The van der Waals surface area contributed by atoms with Gasteiger partial charge < -0.3 is 10.4 Å². The summed E-state index contributed by atoms with van der Waals surface area (Å²) in [5, 5.41) is 12.5. The minimum atomic E-state index is -0.272. The van der Waals surface area contributed by atoms with Crippen LogP contribution in [0.5, 0.6) is 0 Å². The Morgan fingerprint density at radius 3 is 2.60 bits per heavy atom. The van der Waals surface area contributed by atoms with Crippen LogP contribution in [0.4, 0.5) is 0 Å². The van der Waals surface area contributed by atoms with Crippen molar-refractivity contribution in [3.8, 4) is 0 Å². The van der Waals surface area contributed by atoms with Gasteiger partial charge in [-0.3, -0.25) is 4.79 Å². The Kier molecular flexibility index (Phi) is 3.77. The lowest BCUT2D eigenvalue weighted by atomic mass is 9.64. The first-order chi connectivity index (χ1) is 6.87. The first-order valence-corrected chi connectivity index (χ1v) is 5.85. The highest BCUT2D eigenvalue weighted by Gasteiger charge is 2.47. The first kappa shape index (κ1) is 12.5. The van der Waals surface area contributed by atoms with Crippen molar-refractivity contribution in [2.24, 2.45) is 11.3 Å². The lowest BCUT2D eigenvalue weighted by Gasteiger charge is -2.49. The van der Waals surface area contributed by atoms with Crippen LogP contribution in [0.25, 0.3) is 0 Å². The van der Waals surface area contributed by atoms with E-state index in [-0.39, 0.29) is 23.5 Å². The third kappa shape index (κ3) is 2.71. The van der Waals surface area contributed by atoms with Crippen molar-refractivity contribution in [1.82, 2.24) is 5.32 Å². The van der Waals surface area contributed by atoms with Crippen molar-refractivity contribution in [1.29, 1.82) is 0 Å². The summed E-state index contributed by atoms with van der Waals surface area (Å²) in [6, 6.07) is 0.143. The molecule has 0 aromatic rings. The van der Waals surface area contributed by atoms with Gasteiger partial charge in [0, 0.05) is 17.9 Å². The van der Waals surface area contributed by atoms with E-state index in [2.05, 4.69) is 19.2 Å². The fraction of sp³-hybridized carbons (Fsp3) is 0.917. The minimum Gasteiger partial charge on any atom is -0.392 e. The van der Waals surface area contributed by atoms with Crippen molar-refractivity contribution in [2.45, 2.75) is 59.1 Å². The molecule has 0 saturated heterocycles. The van der Waals surface area contributed by atoms with Gasteiger partial charge in [-0.15, -0.1) is 0 Å². The Morgan fingerprint density at radius 2 is 2.20 bits per heavy atom. The summed E-state index contributed by atoms with van der Waals surface area (Å²) >= 11 is 0. The SMILES string of the molecule is CCC(C)CC(=O)NC1CC(O)C1(C)C. The molecule has 15 heavy (non-hydrogen) atoms. The number of amides is 1. The van der Waals surface area contributed by atoms with E-state index in [1.165, 1.54) is 0 Å². The standard InChI is InChI=1S/C12H23NO2/c1-5-8(2)6-11(15)13-9-7-10(14)12(9,3)4/h8-10,14H,5-7H2,1-4H3,(H,13,15). The lowest BCUT2D eigenvalue weighted by Crippen LogP contribution is -2.61. The van der Waals surface area contributed by atoms with Crippen molar-refractivity contribution < 1.29 is 9.90 Å². The number of hydrogen-bond donors (Lipinski definition) is 2. The highest BCUT2D eigenvalue weighted by Crippen LogP contribution is 2.40. The molecule has 3 unspecified atom stereocenters. The summed E-state index contributed by atoms with van der Waals surface area (Å²) in [6.07, 6.45) is 2.05. The Balaban J connectivity index is 2.34. The predicted octanol–water partition coefficient (Wildman–Crippen LogP) is 1.70. The Morgan fingerprint density at radius 1 is 1.60 bits per heavy atom. The number of aliphatic hydroxyl groups is 1. The Labute approximate surface area is 92.3 Å². The van der Waals surface area contributed by atoms with E-state index in [0.717, 1.165) is 6.42 Å². The van der Waals surface area contributed by atoms with Crippen LogP contribution in [-0.2, 0) is 4.79 Å². The molecule has 0 radical (unpaired) electrons. The molecule has 1 amide bonds. The van der Waals surface area contributed by atoms with Gasteiger partial charge in [0.1, 0.15) is 0 Å². The summed E-state index contributed by atoms with van der Waals surface area (Å²) in [7, 11) is 0. The number of hydrogen-bond acceptors (Lipinski definition) is 2. The fourth-order valence-corrected chi connectivity index (χ4v) is 1.86. The van der Waals surface area contributed by atoms with Crippen LogP contribution < -0.4 is 5.32 Å². The second-order valence-corrected chi connectivity index (χ2v) is 5.41. The second kappa shape index (κ2) is 4.52. The fourth-order valence-electron chi connectivity index (χ4n) is 1.86.